The molecule has 1 N–H and O–H groups in total. The second-order valence-electron chi connectivity index (χ2n) is 3.76. The first-order chi connectivity index (χ1) is 9.56. The number of nitrogens with one attached hydrogen (secondary N) is 1. The first-order valence-corrected chi connectivity index (χ1v) is 6.91. The largest absolute Gasteiger partial charge is 0.325 e. The first kappa shape index (κ1) is 14.7. The molecule has 0 aliphatic rings. The number of carbonyl (C=O) groups excluding carboxylic acids is 1. The molecule has 0 bridgehead atoms. The van der Waals surface area contributed by atoms with E-state index in [1.807, 2.05) is 0 Å². The molecule has 0 saturated heterocycles. The zero-order chi connectivity index (χ0) is 14.5. The van der Waals surface area contributed by atoms with Crippen LogP contribution in [0.5, 0.6) is 0 Å². The van der Waals surface area contributed by atoms with Gasteiger partial charge in [-0.15, -0.1) is 0 Å². The summed E-state index contributed by atoms with van der Waals surface area (Å²) in [5, 5.41) is 3.46. The quantitative estimate of drug-likeness (QED) is 0.874. The third-order valence-electron chi connectivity index (χ3n) is 2.27. The smallest absolute Gasteiger partial charge is 0.234 e. The molecule has 1 heterocycles. The van der Waals surface area contributed by atoms with Crippen LogP contribution in [0.2, 0.25) is 5.02 Å². The van der Waals surface area contributed by atoms with Crippen LogP contribution in [0.1, 0.15) is 0 Å². The minimum Gasteiger partial charge on any atom is -0.325 e. The van der Waals surface area contributed by atoms with Gasteiger partial charge in [-0.25, -0.2) is 13.8 Å². The highest BCUT2D eigenvalue weighted by atomic mass is 35.5. The number of amides is 1. The summed E-state index contributed by atoms with van der Waals surface area (Å²) in [6.07, 6.45) is 1.57. The lowest BCUT2D eigenvalue weighted by Crippen LogP contribution is -2.14. The third-order valence-corrected chi connectivity index (χ3v) is 3.69. The number of aromatic nitrogens is 1. The van der Waals surface area contributed by atoms with Crippen molar-refractivity contribution in [3.8, 4) is 0 Å². The Morgan fingerprint density at radius 2 is 2.10 bits per heavy atom. The van der Waals surface area contributed by atoms with Gasteiger partial charge in [0.1, 0.15) is 5.03 Å². The zero-order valence-electron chi connectivity index (χ0n) is 10.1. The van der Waals surface area contributed by atoms with Gasteiger partial charge in [-0.1, -0.05) is 23.4 Å². The molecule has 1 aromatic heterocycles. The molecule has 2 aromatic rings. The average molecular weight is 315 g/mol. The Kier molecular flexibility index (Phi) is 4.92. The van der Waals surface area contributed by atoms with Gasteiger partial charge in [0, 0.05) is 18.0 Å². The molecule has 1 amide bonds. The van der Waals surface area contributed by atoms with Crippen LogP contribution in [0, 0.1) is 11.6 Å². The minimum atomic E-state index is -1.01. The SMILES string of the molecule is O=C(CSc1ncccc1Cl)Nc1ccc(F)c(F)c1. The summed E-state index contributed by atoms with van der Waals surface area (Å²) in [5.41, 5.74) is 0.196. The van der Waals surface area contributed by atoms with Gasteiger partial charge in [-0.05, 0) is 24.3 Å². The maximum atomic E-state index is 13.0. The molecule has 0 unspecified atom stereocenters. The van der Waals surface area contributed by atoms with Crippen molar-refractivity contribution < 1.29 is 13.6 Å². The highest BCUT2D eigenvalue weighted by molar-refractivity contribution is 8.00. The Morgan fingerprint density at radius 1 is 1.30 bits per heavy atom. The van der Waals surface area contributed by atoms with Crippen molar-refractivity contribution in [3.63, 3.8) is 0 Å². The lowest BCUT2D eigenvalue weighted by molar-refractivity contribution is -0.113. The van der Waals surface area contributed by atoms with Gasteiger partial charge in [0.2, 0.25) is 5.91 Å². The van der Waals surface area contributed by atoms with Gasteiger partial charge in [0.05, 0.1) is 10.8 Å². The molecule has 104 valence electrons. The van der Waals surface area contributed by atoms with E-state index in [4.69, 9.17) is 11.6 Å². The maximum absolute atomic E-state index is 13.0. The van der Waals surface area contributed by atoms with E-state index >= 15 is 0 Å². The van der Waals surface area contributed by atoms with Crippen molar-refractivity contribution >= 4 is 35.0 Å². The van der Waals surface area contributed by atoms with Crippen LogP contribution in [-0.2, 0) is 4.79 Å². The minimum absolute atomic E-state index is 0.0652. The number of pyridine rings is 1. The predicted molar refractivity (Wildman–Crippen MR) is 75.0 cm³/mol. The zero-order valence-corrected chi connectivity index (χ0v) is 11.6. The van der Waals surface area contributed by atoms with Gasteiger partial charge in [0.25, 0.3) is 0 Å². The van der Waals surface area contributed by atoms with Crippen molar-refractivity contribution in [3.05, 3.63) is 53.2 Å². The van der Waals surface area contributed by atoms with Crippen LogP contribution in [0.3, 0.4) is 0 Å². The number of benzene rings is 1. The van der Waals surface area contributed by atoms with Crippen molar-refractivity contribution in [2.45, 2.75) is 5.03 Å². The molecular formula is C13H9ClF2N2OS. The Balaban J connectivity index is 1.93. The van der Waals surface area contributed by atoms with Crippen LogP contribution in [0.4, 0.5) is 14.5 Å². The molecular weight excluding hydrogens is 306 g/mol. The molecule has 1 aromatic carbocycles. The summed E-state index contributed by atoms with van der Waals surface area (Å²) in [4.78, 5) is 15.7. The second kappa shape index (κ2) is 6.67. The summed E-state index contributed by atoms with van der Waals surface area (Å²) in [5.74, 6) is -2.26. The second-order valence-corrected chi connectivity index (χ2v) is 5.13. The normalized spacial score (nSPS) is 10.3. The van der Waals surface area contributed by atoms with E-state index in [-0.39, 0.29) is 17.3 Å². The molecule has 0 fully saturated rings. The molecule has 7 heteroatoms. The summed E-state index contributed by atoms with van der Waals surface area (Å²) in [6.45, 7) is 0. The number of rotatable bonds is 4. The average Bonchev–Trinajstić information content (AvgIpc) is 2.42. The van der Waals surface area contributed by atoms with Crippen molar-refractivity contribution in [2.24, 2.45) is 0 Å². The van der Waals surface area contributed by atoms with Crippen LogP contribution in [0.25, 0.3) is 0 Å². The third kappa shape index (κ3) is 3.91. The number of carbonyl (C=O) groups is 1. The Bertz CT molecular complexity index is 640. The molecule has 0 spiro atoms. The number of hydrogen-bond acceptors (Lipinski definition) is 3. The highest BCUT2D eigenvalue weighted by Crippen LogP contribution is 2.24. The van der Waals surface area contributed by atoms with Gasteiger partial charge in [0.15, 0.2) is 11.6 Å². The van der Waals surface area contributed by atoms with Gasteiger partial charge in [-0.2, -0.15) is 0 Å². The van der Waals surface area contributed by atoms with Gasteiger partial charge < -0.3 is 5.32 Å². The lowest BCUT2D eigenvalue weighted by atomic mass is 10.3. The van der Waals surface area contributed by atoms with Crippen LogP contribution in [-0.4, -0.2) is 16.6 Å². The Morgan fingerprint density at radius 3 is 2.80 bits per heavy atom. The fourth-order valence-corrected chi connectivity index (χ4v) is 2.35. The summed E-state index contributed by atoms with van der Waals surface area (Å²) in [7, 11) is 0. The Labute approximate surface area is 123 Å². The van der Waals surface area contributed by atoms with E-state index in [1.54, 1.807) is 18.3 Å². The topological polar surface area (TPSA) is 42.0 Å². The molecule has 0 radical (unpaired) electrons. The van der Waals surface area contributed by atoms with E-state index in [0.29, 0.717) is 10.0 Å². The molecule has 0 atom stereocenters. The van der Waals surface area contributed by atoms with E-state index < -0.39 is 11.6 Å². The maximum Gasteiger partial charge on any atom is 0.234 e. The fourth-order valence-electron chi connectivity index (χ4n) is 1.38. The summed E-state index contributed by atoms with van der Waals surface area (Å²) in [6, 6.07) is 6.52. The van der Waals surface area contributed by atoms with Gasteiger partial charge in [-0.3, -0.25) is 4.79 Å². The number of thioether (sulfide) groups is 1. The van der Waals surface area contributed by atoms with E-state index in [0.717, 1.165) is 23.9 Å². The van der Waals surface area contributed by atoms with Gasteiger partial charge >= 0.3 is 0 Å². The van der Waals surface area contributed by atoms with Crippen LogP contribution < -0.4 is 5.32 Å². The Hall–Kier alpha value is -1.66. The highest BCUT2D eigenvalue weighted by Gasteiger charge is 2.08. The van der Waals surface area contributed by atoms with Crippen molar-refractivity contribution in [1.29, 1.82) is 0 Å². The van der Waals surface area contributed by atoms with E-state index in [9.17, 15) is 13.6 Å². The van der Waals surface area contributed by atoms with Crippen LogP contribution >= 0.6 is 23.4 Å². The number of nitrogens with zero attached hydrogens (tertiary/aromatic N) is 1. The monoisotopic (exact) mass is 314 g/mol. The fraction of sp³-hybridized carbons (Fsp3) is 0.0769. The van der Waals surface area contributed by atoms with E-state index in [2.05, 4.69) is 10.3 Å². The van der Waals surface area contributed by atoms with E-state index in [1.165, 1.54) is 6.07 Å². The number of halogens is 3. The predicted octanol–water partition coefficient (Wildman–Crippen LogP) is 3.74. The molecule has 0 aliphatic heterocycles. The van der Waals surface area contributed by atoms with Crippen molar-refractivity contribution in [1.82, 2.24) is 4.98 Å². The molecule has 2 rings (SSSR count). The van der Waals surface area contributed by atoms with Crippen molar-refractivity contribution in [2.75, 3.05) is 11.1 Å². The molecule has 20 heavy (non-hydrogen) atoms. The lowest BCUT2D eigenvalue weighted by Gasteiger charge is -2.06. The number of anilines is 1. The first-order valence-electron chi connectivity index (χ1n) is 5.54. The summed E-state index contributed by atoms with van der Waals surface area (Å²) < 4.78 is 25.7. The molecule has 3 nitrogen and oxygen atoms in total. The standard InChI is InChI=1S/C13H9ClF2N2OS/c14-9-2-1-5-17-13(9)20-7-12(19)18-8-3-4-10(15)11(16)6-8/h1-6H,7H2,(H,18,19). The van der Waals surface area contributed by atoms with Crippen LogP contribution in [0.15, 0.2) is 41.6 Å². The number of hydrogen-bond donors (Lipinski definition) is 1. The summed E-state index contributed by atoms with van der Waals surface area (Å²) >= 11 is 7.06. The molecule has 0 saturated carbocycles. The molecule has 0 aliphatic carbocycles.